The van der Waals surface area contributed by atoms with E-state index in [1.54, 1.807) is 6.20 Å². The quantitative estimate of drug-likeness (QED) is 0.324. The maximum absolute atomic E-state index is 9.83. The number of aromatic amines is 1. The van der Waals surface area contributed by atoms with Crippen molar-refractivity contribution in [2.24, 2.45) is 0 Å². The van der Waals surface area contributed by atoms with Gasteiger partial charge in [0.2, 0.25) is 0 Å². The molecule has 7 nitrogen and oxygen atoms in total. The SMILES string of the molecule is N#Cc1cc(-c2ccnc3[nH]c(-c4ccc(OCCN5CCCC5)cc4)cc23)ccc1OC1CCOCC1. The number of hydrogen-bond donors (Lipinski definition) is 1. The second-order valence-corrected chi connectivity index (χ2v) is 9.98. The van der Waals surface area contributed by atoms with Crippen LogP contribution in [0.1, 0.15) is 31.2 Å². The monoisotopic (exact) mass is 508 g/mol. The Morgan fingerprint density at radius 3 is 2.58 bits per heavy atom. The lowest BCUT2D eigenvalue weighted by Crippen LogP contribution is -2.26. The molecule has 2 aromatic heterocycles. The van der Waals surface area contributed by atoms with E-state index in [-0.39, 0.29) is 6.10 Å². The Morgan fingerprint density at radius 1 is 1.00 bits per heavy atom. The molecule has 0 atom stereocenters. The van der Waals surface area contributed by atoms with E-state index in [4.69, 9.17) is 14.2 Å². The van der Waals surface area contributed by atoms with Crippen LogP contribution < -0.4 is 9.47 Å². The molecule has 0 radical (unpaired) electrons. The van der Waals surface area contributed by atoms with E-state index in [1.807, 2.05) is 36.4 Å². The lowest BCUT2D eigenvalue weighted by Gasteiger charge is -2.23. The molecule has 2 aliphatic rings. The molecule has 4 aromatic rings. The fourth-order valence-corrected chi connectivity index (χ4v) is 5.32. The maximum Gasteiger partial charge on any atom is 0.138 e. The van der Waals surface area contributed by atoms with Crippen LogP contribution in [0.2, 0.25) is 0 Å². The summed E-state index contributed by atoms with van der Waals surface area (Å²) >= 11 is 0. The predicted octanol–water partition coefficient (Wildman–Crippen LogP) is 5.80. The molecule has 4 heterocycles. The minimum atomic E-state index is 0.0865. The van der Waals surface area contributed by atoms with Gasteiger partial charge >= 0.3 is 0 Å². The smallest absolute Gasteiger partial charge is 0.138 e. The molecule has 194 valence electrons. The van der Waals surface area contributed by atoms with Gasteiger partial charge in [-0.1, -0.05) is 6.07 Å². The average Bonchev–Trinajstić information content (AvgIpc) is 3.64. The summed E-state index contributed by atoms with van der Waals surface area (Å²) in [6.45, 7) is 5.46. The van der Waals surface area contributed by atoms with Crippen molar-refractivity contribution in [3.63, 3.8) is 0 Å². The molecule has 2 fully saturated rings. The molecular weight excluding hydrogens is 476 g/mol. The predicted molar refractivity (Wildman–Crippen MR) is 147 cm³/mol. The van der Waals surface area contributed by atoms with Crippen LogP contribution in [-0.2, 0) is 4.74 Å². The summed E-state index contributed by atoms with van der Waals surface area (Å²) in [6.07, 6.45) is 6.17. The lowest BCUT2D eigenvalue weighted by atomic mass is 10.0. The third kappa shape index (κ3) is 5.38. The summed E-state index contributed by atoms with van der Waals surface area (Å²) < 4.78 is 17.5. The number of benzene rings is 2. The number of fused-ring (bicyclic) bond motifs is 1. The Bertz CT molecular complexity index is 1430. The second-order valence-electron chi connectivity index (χ2n) is 9.98. The van der Waals surface area contributed by atoms with Crippen LogP contribution in [0.3, 0.4) is 0 Å². The van der Waals surface area contributed by atoms with E-state index >= 15 is 0 Å². The number of pyridine rings is 1. The van der Waals surface area contributed by atoms with Gasteiger partial charge in [0.25, 0.3) is 0 Å². The molecule has 7 heteroatoms. The van der Waals surface area contributed by atoms with Gasteiger partial charge in [0.1, 0.15) is 35.9 Å². The first kappa shape index (κ1) is 24.5. The van der Waals surface area contributed by atoms with Crippen LogP contribution in [-0.4, -0.2) is 60.4 Å². The minimum Gasteiger partial charge on any atom is -0.492 e. The van der Waals surface area contributed by atoms with Crippen LogP contribution in [0.15, 0.2) is 60.8 Å². The molecule has 1 N–H and O–H groups in total. The number of likely N-dealkylation sites (tertiary alicyclic amines) is 1. The summed E-state index contributed by atoms with van der Waals surface area (Å²) in [5.74, 6) is 1.51. The van der Waals surface area contributed by atoms with Crippen LogP contribution in [0.5, 0.6) is 11.5 Å². The molecule has 0 unspecified atom stereocenters. The molecular formula is C31H32N4O3. The fourth-order valence-electron chi connectivity index (χ4n) is 5.32. The zero-order valence-electron chi connectivity index (χ0n) is 21.5. The van der Waals surface area contributed by atoms with Gasteiger partial charge in [-0.2, -0.15) is 5.26 Å². The normalized spacial score (nSPS) is 16.5. The Labute approximate surface area is 223 Å². The maximum atomic E-state index is 9.83. The standard InChI is InChI=1S/C31H32N4O3/c32-21-24-19-23(5-8-30(24)38-26-10-16-36-17-11-26)27-9-12-33-31-28(27)20-29(34-31)22-3-6-25(7-4-22)37-18-15-35-13-1-2-14-35/h3-9,12,19-20,26H,1-2,10-11,13-18H2,(H,33,34). The molecule has 0 aliphatic carbocycles. The summed E-state index contributed by atoms with van der Waals surface area (Å²) in [5, 5.41) is 10.8. The number of ether oxygens (including phenoxy) is 3. The summed E-state index contributed by atoms with van der Waals surface area (Å²) in [5.41, 5.74) is 5.39. The third-order valence-electron chi connectivity index (χ3n) is 7.45. The molecule has 0 spiro atoms. The van der Waals surface area contributed by atoms with Gasteiger partial charge in [0.15, 0.2) is 0 Å². The lowest BCUT2D eigenvalue weighted by molar-refractivity contribution is 0.0254. The van der Waals surface area contributed by atoms with Crippen molar-refractivity contribution in [1.82, 2.24) is 14.9 Å². The number of nitriles is 1. The first-order chi connectivity index (χ1) is 18.8. The zero-order chi connectivity index (χ0) is 25.7. The van der Waals surface area contributed by atoms with Crippen LogP contribution >= 0.6 is 0 Å². The Hall–Kier alpha value is -3.86. The molecule has 0 saturated carbocycles. The van der Waals surface area contributed by atoms with Crippen molar-refractivity contribution in [2.45, 2.75) is 31.8 Å². The number of nitrogens with zero attached hydrogens (tertiary/aromatic N) is 3. The number of H-pyrrole nitrogens is 1. The van der Waals surface area contributed by atoms with E-state index < -0.39 is 0 Å². The Kier molecular flexibility index (Phi) is 7.25. The van der Waals surface area contributed by atoms with Crippen LogP contribution in [0.25, 0.3) is 33.4 Å². The Balaban J connectivity index is 1.20. The van der Waals surface area contributed by atoms with Crippen molar-refractivity contribution in [2.75, 3.05) is 39.5 Å². The molecule has 0 bridgehead atoms. The van der Waals surface area contributed by atoms with Crippen molar-refractivity contribution in [1.29, 1.82) is 5.26 Å². The van der Waals surface area contributed by atoms with E-state index in [9.17, 15) is 5.26 Å². The van der Waals surface area contributed by atoms with Gasteiger partial charge < -0.3 is 19.2 Å². The highest BCUT2D eigenvalue weighted by molar-refractivity contribution is 5.96. The van der Waals surface area contributed by atoms with Crippen molar-refractivity contribution in [3.05, 3.63) is 66.4 Å². The first-order valence-electron chi connectivity index (χ1n) is 13.5. The number of aromatic nitrogens is 2. The summed E-state index contributed by atoms with van der Waals surface area (Å²) in [4.78, 5) is 10.5. The minimum absolute atomic E-state index is 0.0865. The van der Waals surface area contributed by atoms with Gasteiger partial charge in [-0.05, 0) is 91.2 Å². The molecule has 2 aliphatic heterocycles. The van der Waals surface area contributed by atoms with Gasteiger partial charge in [-0.15, -0.1) is 0 Å². The number of hydrogen-bond acceptors (Lipinski definition) is 6. The summed E-state index contributed by atoms with van der Waals surface area (Å²) in [6, 6.07) is 20.5. The van der Waals surface area contributed by atoms with E-state index in [0.29, 0.717) is 31.1 Å². The van der Waals surface area contributed by atoms with Crippen molar-refractivity contribution < 1.29 is 14.2 Å². The number of rotatable bonds is 8. The average molecular weight is 509 g/mol. The van der Waals surface area contributed by atoms with Crippen molar-refractivity contribution >= 4 is 11.0 Å². The van der Waals surface area contributed by atoms with Gasteiger partial charge in [0.05, 0.1) is 18.8 Å². The largest absolute Gasteiger partial charge is 0.492 e. The van der Waals surface area contributed by atoms with Gasteiger partial charge in [0, 0.05) is 36.7 Å². The highest BCUT2D eigenvalue weighted by Gasteiger charge is 2.18. The molecule has 2 saturated heterocycles. The van der Waals surface area contributed by atoms with Crippen molar-refractivity contribution in [3.8, 4) is 40.0 Å². The van der Waals surface area contributed by atoms with E-state index in [2.05, 4.69) is 39.1 Å². The second kappa shape index (κ2) is 11.3. The third-order valence-corrected chi connectivity index (χ3v) is 7.45. The fraction of sp³-hybridized carbons (Fsp3) is 0.355. The Morgan fingerprint density at radius 2 is 1.79 bits per heavy atom. The molecule has 0 amide bonds. The summed E-state index contributed by atoms with van der Waals surface area (Å²) in [7, 11) is 0. The molecule has 6 rings (SSSR count). The van der Waals surface area contributed by atoms with E-state index in [0.717, 1.165) is 58.6 Å². The molecule has 38 heavy (non-hydrogen) atoms. The van der Waals surface area contributed by atoms with Gasteiger partial charge in [-0.3, -0.25) is 4.90 Å². The zero-order valence-corrected chi connectivity index (χ0v) is 21.5. The first-order valence-corrected chi connectivity index (χ1v) is 13.5. The topological polar surface area (TPSA) is 83.4 Å². The highest BCUT2D eigenvalue weighted by Crippen LogP contribution is 2.34. The molecule has 2 aromatic carbocycles. The number of nitrogens with one attached hydrogen (secondary N) is 1. The van der Waals surface area contributed by atoms with Crippen LogP contribution in [0.4, 0.5) is 0 Å². The van der Waals surface area contributed by atoms with E-state index in [1.165, 1.54) is 25.9 Å². The van der Waals surface area contributed by atoms with Crippen LogP contribution in [0, 0.1) is 11.3 Å². The van der Waals surface area contributed by atoms with Gasteiger partial charge in [-0.25, -0.2) is 4.98 Å². The highest BCUT2D eigenvalue weighted by atomic mass is 16.5.